The Morgan fingerprint density at radius 1 is 0.542 bits per heavy atom. The summed E-state index contributed by atoms with van der Waals surface area (Å²) in [7, 11) is 1.66. The van der Waals surface area contributed by atoms with Gasteiger partial charge in [0.2, 0.25) is 0 Å². The lowest BCUT2D eigenvalue weighted by atomic mass is 10.1. The third-order valence-corrected chi connectivity index (χ3v) is 3.43. The Bertz CT molecular complexity index is 930. The molecule has 0 aliphatic heterocycles. The van der Waals surface area contributed by atoms with E-state index in [-0.39, 0.29) is 0 Å². The summed E-state index contributed by atoms with van der Waals surface area (Å²) in [4.78, 5) is 0. The van der Waals surface area contributed by atoms with Gasteiger partial charge in [0.25, 0.3) is 0 Å². The van der Waals surface area contributed by atoms with Crippen molar-refractivity contribution in [3.63, 3.8) is 0 Å². The topological polar surface area (TPSA) is 9.23 Å². The molecule has 0 bridgehead atoms. The molecule has 3 aromatic rings. The van der Waals surface area contributed by atoms with Crippen molar-refractivity contribution in [2.24, 2.45) is 0 Å². The molecule has 0 radical (unpaired) electrons. The van der Waals surface area contributed by atoms with Crippen LogP contribution < -0.4 is 4.74 Å². The number of hydrogen-bond acceptors (Lipinski definition) is 1. The van der Waals surface area contributed by atoms with Gasteiger partial charge in [-0.25, -0.2) is 0 Å². The minimum absolute atomic E-state index is 0.832. The van der Waals surface area contributed by atoms with Crippen LogP contribution in [0.15, 0.2) is 78.9 Å². The molecule has 0 aromatic heterocycles. The first kappa shape index (κ1) is 15.5. The second-order valence-corrected chi connectivity index (χ2v) is 5.18. The molecular formula is C23H16O. The molecule has 0 aliphatic carbocycles. The summed E-state index contributed by atoms with van der Waals surface area (Å²) < 4.78 is 5.15. The number of benzene rings is 3. The van der Waals surface area contributed by atoms with Crippen LogP contribution in [0.3, 0.4) is 0 Å². The molecular weight excluding hydrogens is 292 g/mol. The normalized spacial score (nSPS) is 9.21. The Morgan fingerprint density at radius 2 is 1.04 bits per heavy atom. The molecule has 0 aliphatic rings. The lowest BCUT2D eigenvalue weighted by Gasteiger charge is -1.97. The van der Waals surface area contributed by atoms with Gasteiger partial charge in [-0.15, -0.1) is 0 Å². The molecule has 1 heteroatoms. The largest absolute Gasteiger partial charge is 0.497 e. The van der Waals surface area contributed by atoms with E-state index in [1.807, 2.05) is 78.9 Å². The van der Waals surface area contributed by atoms with Crippen molar-refractivity contribution < 1.29 is 4.74 Å². The number of methoxy groups -OCH3 is 1. The minimum atomic E-state index is 0.832. The number of hydrogen-bond donors (Lipinski definition) is 0. The van der Waals surface area contributed by atoms with Crippen LogP contribution in [0.4, 0.5) is 0 Å². The Hall–Kier alpha value is -3.42. The van der Waals surface area contributed by atoms with Crippen molar-refractivity contribution in [3.8, 4) is 29.4 Å². The van der Waals surface area contributed by atoms with Crippen molar-refractivity contribution in [1.82, 2.24) is 0 Å². The highest BCUT2D eigenvalue weighted by atomic mass is 16.5. The van der Waals surface area contributed by atoms with E-state index in [1.54, 1.807) is 7.11 Å². The zero-order valence-corrected chi connectivity index (χ0v) is 13.4. The quantitative estimate of drug-likeness (QED) is 0.602. The van der Waals surface area contributed by atoms with Crippen molar-refractivity contribution in [1.29, 1.82) is 0 Å². The van der Waals surface area contributed by atoms with Gasteiger partial charge in [-0.05, 0) is 54.6 Å². The maximum Gasteiger partial charge on any atom is 0.118 e. The third-order valence-electron chi connectivity index (χ3n) is 3.43. The van der Waals surface area contributed by atoms with Crippen LogP contribution in [0.25, 0.3) is 0 Å². The Balaban J connectivity index is 1.79. The van der Waals surface area contributed by atoms with Gasteiger partial charge in [0, 0.05) is 22.3 Å². The SMILES string of the molecule is COc1ccc(C#Cc2cccc(C#Cc3ccccc3)c2)cc1. The van der Waals surface area contributed by atoms with Crippen LogP contribution in [0.5, 0.6) is 5.75 Å². The molecule has 0 saturated heterocycles. The summed E-state index contributed by atoms with van der Waals surface area (Å²) in [6, 6.07) is 25.6. The lowest BCUT2D eigenvalue weighted by Crippen LogP contribution is -1.82. The van der Waals surface area contributed by atoms with Crippen LogP contribution in [-0.4, -0.2) is 7.11 Å². The highest BCUT2D eigenvalue weighted by Gasteiger charge is 1.92. The van der Waals surface area contributed by atoms with Crippen molar-refractivity contribution in [2.75, 3.05) is 7.11 Å². The Kier molecular flexibility index (Phi) is 4.98. The molecule has 0 N–H and O–H groups in total. The predicted octanol–water partition coefficient (Wildman–Crippen LogP) is 4.49. The van der Waals surface area contributed by atoms with Crippen LogP contribution in [0.1, 0.15) is 22.3 Å². The predicted molar refractivity (Wildman–Crippen MR) is 97.8 cm³/mol. The van der Waals surface area contributed by atoms with Crippen molar-refractivity contribution in [2.45, 2.75) is 0 Å². The second kappa shape index (κ2) is 7.73. The molecule has 0 amide bonds. The number of ether oxygens (including phenoxy) is 1. The summed E-state index contributed by atoms with van der Waals surface area (Å²) in [6.45, 7) is 0. The smallest absolute Gasteiger partial charge is 0.118 e. The first-order chi connectivity index (χ1) is 11.8. The van der Waals surface area contributed by atoms with Crippen molar-refractivity contribution >= 4 is 0 Å². The van der Waals surface area contributed by atoms with Gasteiger partial charge in [-0.3, -0.25) is 0 Å². The van der Waals surface area contributed by atoms with Crippen LogP contribution in [-0.2, 0) is 0 Å². The fourth-order valence-corrected chi connectivity index (χ4v) is 2.16. The zero-order chi connectivity index (χ0) is 16.6. The lowest BCUT2D eigenvalue weighted by molar-refractivity contribution is 0.415. The molecule has 3 aromatic carbocycles. The van der Waals surface area contributed by atoms with Gasteiger partial charge < -0.3 is 4.74 Å². The van der Waals surface area contributed by atoms with E-state index in [2.05, 4.69) is 23.7 Å². The van der Waals surface area contributed by atoms with Gasteiger partial charge in [-0.2, -0.15) is 0 Å². The minimum Gasteiger partial charge on any atom is -0.497 e. The monoisotopic (exact) mass is 308 g/mol. The van der Waals surface area contributed by atoms with Crippen LogP contribution in [0.2, 0.25) is 0 Å². The maximum atomic E-state index is 5.15. The van der Waals surface area contributed by atoms with Gasteiger partial charge in [0.05, 0.1) is 7.11 Å². The average molecular weight is 308 g/mol. The van der Waals surface area contributed by atoms with Crippen LogP contribution >= 0.6 is 0 Å². The van der Waals surface area contributed by atoms with Gasteiger partial charge >= 0.3 is 0 Å². The van der Waals surface area contributed by atoms with Crippen LogP contribution in [0, 0.1) is 23.7 Å². The Morgan fingerprint density at radius 3 is 1.62 bits per heavy atom. The Labute approximate surface area is 142 Å². The van der Waals surface area contributed by atoms with Gasteiger partial charge in [0.15, 0.2) is 0 Å². The molecule has 0 spiro atoms. The molecule has 24 heavy (non-hydrogen) atoms. The van der Waals surface area contributed by atoms with Crippen molar-refractivity contribution in [3.05, 3.63) is 101 Å². The molecule has 0 heterocycles. The molecule has 1 nitrogen and oxygen atoms in total. The third kappa shape index (κ3) is 4.29. The summed E-state index contributed by atoms with van der Waals surface area (Å²) in [5.74, 6) is 13.5. The standard InChI is InChI=1S/C23H16O/c1-24-23-16-14-20(15-17-23)11-13-22-9-5-8-21(18-22)12-10-19-6-3-2-4-7-19/h2-9,14-18H,1H3. The van der Waals surface area contributed by atoms with E-state index in [0.29, 0.717) is 0 Å². The van der Waals surface area contributed by atoms with E-state index >= 15 is 0 Å². The van der Waals surface area contributed by atoms with Gasteiger partial charge in [0.1, 0.15) is 5.75 Å². The molecule has 0 atom stereocenters. The highest BCUT2D eigenvalue weighted by Crippen LogP contribution is 2.10. The summed E-state index contributed by atoms with van der Waals surface area (Å²) >= 11 is 0. The second-order valence-electron chi connectivity index (χ2n) is 5.18. The zero-order valence-electron chi connectivity index (χ0n) is 13.4. The summed E-state index contributed by atoms with van der Waals surface area (Å²) in [5, 5.41) is 0. The van der Waals surface area contributed by atoms with E-state index in [1.165, 1.54) is 0 Å². The summed E-state index contributed by atoms with van der Waals surface area (Å²) in [6.07, 6.45) is 0. The van der Waals surface area contributed by atoms with E-state index < -0.39 is 0 Å². The summed E-state index contributed by atoms with van der Waals surface area (Å²) in [5.41, 5.74) is 3.87. The van der Waals surface area contributed by atoms with Gasteiger partial charge in [-0.1, -0.05) is 47.9 Å². The molecule has 3 rings (SSSR count). The fraction of sp³-hybridized carbons (Fsp3) is 0.0435. The average Bonchev–Trinajstić information content (AvgIpc) is 2.66. The first-order valence-corrected chi connectivity index (χ1v) is 7.67. The molecule has 0 saturated carbocycles. The maximum absolute atomic E-state index is 5.15. The number of rotatable bonds is 1. The van der Waals surface area contributed by atoms with E-state index in [0.717, 1.165) is 28.0 Å². The van der Waals surface area contributed by atoms with E-state index in [9.17, 15) is 0 Å². The molecule has 0 unspecified atom stereocenters. The fourth-order valence-electron chi connectivity index (χ4n) is 2.16. The highest BCUT2D eigenvalue weighted by molar-refractivity contribution is 5.49. The van der Waals surface area contributed by atoms with E-state index in [4.69, 9.17) is 4.74 Å². The first-order valence-electron chi connectivity index (χ1n) is 7.67. The molecule has 0 fully saturated rings. The molecule has 114 valence electrons.